The Morgan fingerprint density at radius 2 is 1.81 bits per heavy atom. The molecule has 110 valence electrons. The van der Waals surface area contributed by atoms with Crippen LogP contribution in [0.3, 0.4) is 0 Å². The van der Waals surface area contributed by atoms with Crippen LogP contribution < -0.4 is 0 Å². The van der Waals surface area contributed by atoms with Gasteiger partial charge in [-0.05, 0) is 40.3 Å². The third kappa shape index (κ3) is 3.63. The maximum absolute atomic E-state index is 11.4. The van der Waals surface area contributed by atoms with E-state index in [2.05, 4.69) is 19.9 Å². The molecular weight excluding hydrogens is 264 g/mol. The van der Waals surface area contributed by atoms with Crippen molar-refractivity contribution in [2.45, 2.75) is 26.2 Å². The topological polar surface area (TPSA) is 46.5 Å². The summed E-state index contributed by atoms with van der Waals surface area (Å²) < 4.78 is 4.72. The number of carbonyl (C=O) groups excluding carboxylic acids is 1. The van der Waals surface area contributed by atoms with Gasteiger partial charge in [0.25, 0.3) is 0 Å². The zero-order valence-corrected chi connectivity index (χ0v) is 12.6. The molecular formula is C18H20O3. The fourth-order valence-corrected chi connectivity index (χ4v) is 2.34. The molecule has 0 aliphatic carbocycles. The first-order valence-corrected chi connectivity index (χ1v) is 7.00. The fourth-order valence-electron chi connectivity index (χ4n) is 2.34. The summed E-state index contributed by atoms with van der Waals surface area (Å²) in [4.78, 5) is 11.4. The number of hydrogen-bond donors (Lipinski definition) is 1. The van der Waals surface area contributed by atoms with E-state index in [9.17, 15) is 9.90 Å². The third-order valence-electron chi connectivity index (χ3n) is 3.49. The molecule has 0 amide bonds. The predicted molar refractivity (Wildman–Crippen MR) is 83.4 cm³/mol. The Morgan fingerprint density at radius 3 is 2.38 bits per heavy atom. The summed E-state index contributed by atoms with van der Waals surface area (Å²) in [6.07, 6.45) is 0.284. The number of phenols is 1. The Kier molecular flexibility index (Phi) is 4.63. The summed E-state index contributed by atoms with van der Waals surface area (Å²) in [6.45, 7) is 4.25. The molecule has 0 fully saturated rings. The lowest BCUT2D eigenvalue weighted by atomic mass is 9.90. The van der Waals surface area contributed by atoms with E-state index >= 15 is 0 Å². The highest BCUT2D eigenvalue weighted by atomic mass is 16.5. The van der Waals surface area contributed by atoms with Gasteiger partial charge in [0.15, 0.2) is 0 Å². The van der Waals surface area contributed by atoms with Crippen molar-refractivity contribution in [1.29, 1.82) is 0 Å². The van der Waals surface area contributed by atoms with Crippen LogP contribution in [0.25, 0.3) is 11.1 Å². The molecule has 0 aliphatic heterocycles. The molecule has 0 aromatic heterocycles. The van der Waals surface area contributed by atoms with E-state index in [1.807, 2.05) is 24.3 Å². The Bertz CT molecular complexity index is 627. The van der Waals surface area contributed by atoms with Crippen LogP contribution in [-0.2, 0) is 16.0 Å². The molecule has 0 heterocycles. The molecule has 0 radical (unpaired) electrons. The largest absolute Gasteiger partial charge is 0.508 e. The first kappa shape index (κ1) is 15.1. The van der Waals surface area contributed by atoms with E-state index in [1.54, 1.807) is 12.1 Å². The molecule has 0 aliphatic rings. The van der Waals surface area contributed by atoms with Crippen molar-refractivity contribution in [1.82, 2.24) is 0 Å². The van der Waals surface area contributed by atoms with Gasteiger partial charge in [0, 0.05) is 0 Å². The molecule has 1 N–H and O–H groups in total. The van der Waals surface area contributed by atoms with Gasteiger partial charge in [-0.1, -0.05) is 44.2 Å². The smallest absolute Gasteiger partial charge is 0.309 e. The summed E-state index contributed by atoms with van der Waals surface area (Å²) in [6, 6.07) is 13.2. The summed E-state index contributed by atoms with van der Waals surface area (Å²) >= 11 is 0. The summed E-state index contributed by atoms with van der Waals surface area (Å²) in [7, 11) is 1.40. The maximum atomic E-state index is 11.4. The van der Waals surface area contributed by atoms with Gasteiger partial charge in [0.2, 0.25) is 0 Å². The molecule has 0 saturated heterocycles. The van der Waals surface area contributed by atoms with Crippen LogP contribution in [0.4, 0.5) is 0 Å². The number of benzene rings is 2. The third-order valence-corrected chi connectivity index (χ3v) is 3.49. The summed E-state index contributed by atoms with van der Waals surface area (Å²) in [5.74, 6) is 0.362. The zero-order chi connectivity index (χ0) is 15.4. The second kappa shape index (κ2) is 6.44. The second-order valence-corrected chi connectivity index (χ2v) is 5.38. The molecule has 3 heteroatoms. The molecule has 2 rings (SSSR count). The average Bonchev–Trinajstić information content (AvgIpc) is 2.48. The number of rotatable bonds is 4. The van der Waals surface area contributed by atoms with Gasteiger partial charge in [-0.25, -0.2) is 0 Å². The molecule has 0 spiro atoms. The van der Waals surface area contributed by atoms with E-state index < -0.39 is 0 Å². The second-order valence-electron chi connectivity index (χ2n) is 5.38. The van der Waals surface area contributed by atoms with Crippen molar-refractivity contribution in [3.8, 4) is 16.9 Å². The maximum Gasteiger partial charge on any atom is 0.309 e. The van der Waals surface area contributed by atoms with Crippen LogP contribution >= 0.6 is 0 Å². The van der Waals surface area contributed by atoms with E-state index in [4.69, 9.17) is 4.74 Å². The van der Waals surface area contributed by atoms with E-state index in [-0.39, 0.29) is 18.1 Å². The highest BCUT2D eigenvalue weighted by Crippen LogP contribution is 2.31. The minimum Gasteiger partial charge on any atom is -0.508 e. The number of ether oxygens (including phenoxy) is 1. The first-order chi connectivity index (χ1) is 10.0. The molecule has 2 aromatic rings. The van der Waals surface area contributed by atoms with Gasteiger partial charge in [-0.3, -0.25) is 4.79 Å². The highest BCUT2D eigenvalue weighted by molar-refractivity contribution is 5.74. The van der Waals surface area contributed by atoms with Crippen LogP contribution in [-0.4, -0.2) is 18.2 Å². The van der Waals surface area contributed by atoms with Gasteiger partial charge in [-0.2, -0.15) is 0 Å². The Hall–Kier alpha value is -2.29. The Balaban J connectivity index is 2.42. The van der Waals surface area contributed by atoms with Crippen LogP contribution in [0.5, 0.6) is 5.75 Å². The monoisotopic (exact) mass is 284 g/mol. The number of phenolic OH excluding ortho intramolecular Hbond substituents is 1. The molecule has 2 aromatic carbocycles. The lowest BCUT2D eigenvalue weighted by Crippen LogP contribution is -2.05. The Morgan fingerprint density at radius 1 is 1.14 bits per heavy atom. The van der Waals surface area contributed by atoms with Crippen LogP contribution in [0.15, 0.2) is 42.5 Å². The van der Waals surface area contributed by atoms with Crippen molar-refractivity contribution >= 4 is 5.97 Å². The van der Waals surface area contributed by atoms with Gasteiger partial charge >= 0.3 is 5.97 Å². The standard InChI is InChI=1S/C18H20O3/c1-12(2)17-10-13(11-18(20)21-3)4-9-16(17)14-5-7-15(19)8-6-14/h4-10,12,19H,11H2,1-3H3. The van der Waals surface area contributed by atoms with Gasteiger partial charge in [-0.15, -0.1) is 0 Å². The minimum absolute atomic E-state index is 0.234. The van der Waals surface area contributed by atoms with Crippen LogP contribution in [0.2, 0.25) is 0 Å². The van der Waals surface area contributed by atoms with Crippen LogP contribution in [0, 0.1) is 0 Å². The molecule has 0 bridgehead atoms. The van der Waals surface area contributed by atoms with Gasteiger partial charge < -0.3 is 9.84 Å². The van der Waals surface area contributed by atoms with Crippen molar-refractivity contribution < 1.29 is 14.6 Å². The lowest BCUT2D eigenvalue weighted by Gasteiger charge is -2.15. The quantitative estimate of drug-likeness (QED) is 0.866. The molecule has 0 saturated carbocycles. The van der Waals surface area contributed by atoms with E-state index in [0.717, 1.165) is 16.7 Å². The normalized spacial score (nSPS) is 10.7. The molecule has 0 atom stereocenters. The van der Waals surface area contributed by atoms with Gasteiger partial charge in [0.05, 0.1) is 13.5 Å². The SMILES string of the molecule is COC(=O)Cc1ccc(-c2ccc(O)cc2)c(C(C)C)c1. The lowest BCUT2D eigenvalue weighted by molar-refractivity contribution is -0.139. The first-order valence-electron chi connectivity index (χ1n) is 7.00. The molecule has 0 unspecified atom stereocenters. The van der Waals surface area contributed by atoms with Gasteiger partial charge in [0.1, 0.15) is 5.75 Å². The highest BCUT2D eigenvalue weighted by Gasteiger charge is 2.11. The van der Waals surface area contributed by atoms with Crippen molar-refractivity contribution in [3.05, 3.63) is 53.6 Å². The Labute approximate surface area is 125 Å². The van der Waals surface area contributed by atoms with Crippen molar-refractivity contribution in [3.63, 3.8) is 0 Å². The molecule has 21 heavy (non-hydrogen) atoms. The van der Waals surface area contributed by atoms with Crippen molar-refractivity contribution in [2.24, 2.45) is 0 Å². The molecule has 3 nitrogen and oxygen atoms in total. The van der Waals surface area contributed by atoms with Crippen molar-refractivity contribution in [2.75, 3.05) is 7.11 Å². The number of hydrogen-bond acceptors (Lipinski definition) is 3. The number of carbonyl (C=O) groups is 1. The fraction of sp³-hybridized carbons (Fsp3) is 0.278. The van der Waals surface area contributed by atoms with E-state index in [0.29, 0.717) is 5.92 Å². The summed E-state index contributed by atoms with van der Waals surface area (Å²) in [5, 5.41) is 9.40. The average molecular weight is 284 g/mol. The van der Waals surface area contributed by atoms with E-state index in [1.165, 1.54) is 12.7 Å². The van der Waals surface area contributed by atoms with Crippen LogP contribution in [0.1, 0.15) is 30.9 Å². The minimum atomic E-state index is -0.234. The zero-order valence-electron chi connectivity index (χ0n) is 12.6. The number of aromatic hydroxyl groups is 1. The predicted octanol–water partition coefficient (Wildman–Crippen LogP) is 3.90. The number of esters is 1. The number of methoxy groups -OCH3 is 1. The summed E-state index contributed by atoms with van der Waals surface area (Å²) in [5.41, 5.74) is 4.31.